The maximum absolute atomic E-state index is 13.5. The lowest BCUT2D eigenvalue weighted by Crippen LogP contribution is -2.31. The van der Waals surface area contributed by atoms with Gasteiger partial charge in [-0.3, -0.25) is 19.5 Å². The lowest BCUT2D eigenvalue weighted by molar-refractivity contribution is -0.117. The first-order valence-corrected chi connectivity index (χ1v) is 9.88. The quantitative estimate of drug-likeness (QED) is 0.446. The highest BCUT2D eigenvalue weighted by molar-refractivity contribution is 6.31. The van der Waals surface area contributed by atoms with Gasteiger partial charge in [0.05, 0.1) is 11.6 Å². The molecule has 2 aromatic carbocycles. The number of benzene rings is 2. The Morgan fingerprint density at radius 2 is 1.90 bits per heavy atom. The van der Waals surface area contributed by atoms with Crippen LogP contribution in [0.25, 0.3) is 11.0 Å². The van der Waals surface area contributed by atoms with Crippen LogP contribution in [0.5, 0.6) is 0 Å². The molecular formula is C24H15ClN2O4. The van der Waals surface area contributed by atoms with E-state index in [9.17, 15) is 14.7 Å². The highest BCUT2D eigenvalue weighted by Gasteiger charge is 2.45. The summed E-state index contributed by atoms with van der Waals surface area (Å²) in [4.78, 5) is 32.0. The third kappa shape index (κ3) is 3.17. The minimum atomic E-state index is -0.889. The van der Waals surface area contributed by atoms with Crippen molar-refractivity contribution in [1.29, 1.82) is 0 Å². The summed E-state index contributed by atoms with van der Waals surface area (Å²) >= 11 is 6.13. The Kier molecular flexibility index (Phi) is 4.56. The van der Waals surface area contributed by atoms with Crippen molar-refractivity contribution in [1.82, 2.24) is 4.98 Å². The van der Waals surface area contributed by atoms with E-state index in [1.54, 1.807) is 67.0 Å². The van der Waals surface area contributed by atoms with E-state index in [1.807, 2.05) is 12.1 Å². The second kappa shape index (κ2) is 7.41. The van der Waals surface area contributed by atoms with Crippen LogP contribution in [0.3, 0.4) is 0 Å². The lowest BCUT2D eigenvalue weighted by Gasteiger charge is -2.26. The fraction of sp³-hybridized carbons (Fsp3) is 0.0417. The number of furan rings is 1. The molecule has 1 amide bonds. The van der Waals surface area contributed by atoms with Crippen LogP contribution in [-0.2, 0) is 4.79 Å². The van der Waals surface area contributed by atoms with Gasteiger partial charge in [0.25, 0.3) is 5.91 Å². The molecule has 3 heterocycles. The largest absolute Gasteiger partial charge is 0.503 e. The number of ketones is 1. The molecule has 1 unspecified atom stereocenters. The third-order valence-corrected chi connectivity index (χ3v) is 5.42. The maximum Gasteiger partial charge on any atom is 0.294 e. The van der Waals surface area contributed by atoms with E-state index in [2.05, 4.69) is 4.98 Å². The van der Waals surface area contributed by atoms with E-state index < -0.39 is 23.5 Å². The molecule has 0 aliphatic carbocycles. The highest BCUT2D eigenvalue weighted by atomic mass is 35.5. The fourth-order valence-corrected chi connectivity index (χ4v) is 3.99. The lowest BCUT2D eigenvalue weighted by atomic mass is 9.96. The van der Waals surface area contributed by atoms with Crippen molar-refractivity contribution in [2.45, 2.75) is 6.04 Å². The molecule has 0 spiro atoms. The summed E-state index contributed by atoms with van der Waals surface area (Å²) in [7, 11) is 0. The normalized spacial score (nSPS) is 16.4. The van der Waals surface area contributed by atoms with E-state index in [4.69, 9.17) is 16.0 Å². The number of carbonyl (C=O) groups excluding carboxylic acids is 2. The molecule has 6 nitrogen and oxygen atoms in total. The van der Waals surface area contributed by atoms with Crippen LogP contribution in [0.4, 0.5) is 5.69 Å². The van der Waals surface area contributed by atoms with E-state index >= 15 is 0 Å². The van der Waals surface area contributed by atoms with Crippen LogP contribution in [0, 0.1) is 0 Å². The first kappa shape index (κ1) is 19.1. The molecule has 1 aliphatic heterocycles. The number of halogens is 1. The van der Waals surface area contributed by atoms with Crippen LogP contribution in [0.15, 0.2) is 94.9 Å². The molecule has 152 valence electrons. The molecule has 1 aliphatic rings. The third-order valence-electron chi connectivity index (χ3n) is 5.19. The standard InChI is InChI=1S/C24H15ClN2O4/c25-16-7-3-8-17(12-16)27-21(15-6-4-10-26-13-15)20(23(29)24(27)30)22(28)19-11-14-5-1-2-9-18(14)31-19/h1-13,21,29H. The van der Waals surface area contributed by atoms with E-state index in [0.29, 0.717) is 21.9 Å². The molecular weight excluding hydrogens is 416 g/mol. The van der Waals surface area contributed by atoms with Gasteiger partial charge in [0.2, 0.25) is 5.78 Å². The predicted octanol–water partition coefficient (Wildman–Crippen LogP) is 5.26. The zero-order valence-electron chi connectivity index (χ0n) is 16.0. The molecule has 5 rings (SSSR count). The minimum absolute atomic E-state index is 0.0392. The smallest absolute Gasteiger partial charge is 0.294 e. The van der Waals surface area contributed by atoms with Crippen molar-refractivity contribution in [2.75, 3.05) is 4.90 Å². The number of nitrogens with zero attached hydrogens (tertiary/aromatic N) is 2. The second-order valence-corrected chi connectivity index (χ2v) is 7.52. The molecule has 0 saturated carbocycles. The topological polar surface area (TPSA) is 83.6 Å². The summed E-state index contributed by atoms with van der Waals surface area (Å²) in [6, 6.07) is 18.0. The number of Topliss-reactive ketones (excluding diaryl/α,β-unsaturated/α-hetero) is 1. The van der Waals surface area contributed by atoms with E-state index in [0.717, 1.165) is 5.39 Å². The van der Waals surface area contributed by atoms with E-state index in [1.165, 1.54) is 4.90 Å². The number of aliphatic hydroxyl groups excluding tert-OH is 1. The summed E-state index contributed by atoms with van der Waals surface area (Å²) in [6.45, 7) is 0. The highest BCUT2D eigenvalue weighted by Crippen LogP contribution is 2.42. The number of fused-ring (bicyclic) bond motifs is 1. The molecule has 0 bridgehead atoms. The molecule has 7 heteroatoms. The number of para-hydroxylation sites is 1. The number of hydrogen-bond donors (Lipinski definition) is 1. The molecule has 0 saturated heterocycles. The number of aliphatic hydroxyl groups is 1. The fourth-order valence-electron chi connectivity index (χ4n) is 3.81. The summed E-state index contributed by atoms with van der Waals surface area (Å²) < 4.78 is 5.71. The number of carbonyl (C=O) groups is 2. The van der Waals surface area contributed by atoms with Crippen LogP contribution in [-0.4, -0.2) is 21.8 Å². The van der Waals surface area contributed by atoms with Crippen LogP contribution < -0.4 is 4.90 Å². The van der Waals surface area contributed by atoms with Gasteiger partial charge < -0.3 is 9.52 Å². The average Bonchev–Trinajstić information content (AvgIpc) is 3.33. The van der Waals surface area contributed by atoms with Crippen molar-refractivity contribution in [3.05, 3.63) is 107 Å². The monoisotopic (exact) mass is 430 g/mol. The molecule has 1 N–H and O–H groups in total. The van der Waals surface area contributed by atoms with Gasteiger partial charge in [-0.25, -0.2) is 0 Å². The van der Waals surface area contributed by atoms with Gasteiger partial charge in [-0.15, -0.1) is 0 Å². The number of aromatic nitrogens is 1. The number of hydrogen-bond acceptors (Lipinski definition) is 5. The van der Waals surface area contributed by atoms with Crippen molar-refractivity contribution in [3.8, 4) is 0 Å². The van der Waals surface area contributed by atoms with Crippen molar-refractivity contribution < 1.29 is 19.1 Å². The summed E-state index contributed by atoms with van der Waals surface area (Å²) in [5.41, 5.74) is 1.49. The zero-order valence-corrected chi connectivity index (χ0v) is 16.8. The molecule has 0 radical (unpaired) electrons. The SMILES string of the molecule is O=C(C1=C(O)C(=O)N(c2cccc(Cl)c2)C1c1cccnc1)c1cc2ccccc2o1. The molecule has 4 aromatic rings. The van der Waals surface area contributed by atoms with Crippen molar-refractivity contribution in [3.63, 3.8) is 0 Å². The van der Waals surface area contributed by atoms with Gasteiger partial charge in [-0.1, -0.05) is 41.9 Å². The zero-order chi connectivity index (χ0) is 21.5. The Morgan fingerprint density at radius 1 is 1.06 bits per heavy atom. The predicted molar refractivity (Wildman–Crippen MR) is 116 cm³/mol. The average molecular weight is 431 g/mol. The Hall–Kier alpha value is -3.90. The number of anilines is 1. The Bertz CT molecular complexity index is 1330. The van der Waals surface area contributed by atoms with Crippen molar-refractivity contribution in [2.24, 2.45) is 0 Å². The van der Waals surface area contributed by atoms with Gasteiger partial charge in [-0.2, -0.15) is 0 Å². The first-order chi connectivity index (χ1) is 15.0. The first-order valence-electron chi connectivity index (χ1n) is 9.50. The second-order valence-electron chi connectivity index (χ2n) is 7.08. The van der Waals surface area contributed by atoms with Gasteiger partial charge in [0, 0.05) is 28.5 Å². The molecule has 0 fully saturated rings. The summed E-state index contributed by atoms with van der Waals surface area (Å²) in [5.74, 6) is -1.85. The number of pyridine rings is 1. The Balaban J connectivity index is 1.67. The van der Waals surface area contributed by atoms with Gasteiger partial charge in [-0.05, 0) is 42.0 Å². The van der Waals surface area contributed by atoms with Crippen molar-refractivity contribution >= 4 is 39.9 Å². The van der Waals surface area contributed by atoms with Crippen LogP contribution >= 0.6 is 11.6 Å². The summed E-state index contributed by atoms with van der Waals surface area (Å²) in [6.07, 6.45) is 3.15. The molecule has 31 heavy (non-hydrogen) atoms. The Morgan fingerprint density at radius 3 is 2.65 bits per heavy atom. The molecule has 2 aromatic heterocycles. The number of amides is 1. The van der Waals surface area contributed by atoms with E-state index in [-0.39, 0.29) is 11.3 Å². The summed E-state index contributed by atoms with van der Waals surface area (Å²) in [5, 5.41) is 11.9. The minimum Gasteiger partial charge on any atom is -0.503 e. The van der Waals surface area contributed by atoms with Gasteiger partial charge in [0.15, 0.2) is 11.5 Å². The Labute approximate surface area is 182 Å². The van der Waals surface area contributed by atoms with Gasteiger partial charge >= 0.3 is 0 Å². The van der Waals surface area contributed by atoms with Crippen LogP contribution in [0.2, 0.25) is 5.02 Å². The maximum atomic E-state index is 13.5. The molecule has 1 atom stereocenters. The van der Waals surface area contributed by atoms with Gasteiger partial charge in [0.1, 0.15) is 5.58 Å². The number of rotatable bonds is 4. The van der Waals surface area contributed by atoms with Crippen LogP contribution in [0.1, 0.15) is 22.2 Å².